The third kappa shape index (κ3) is 6.00. The van der Waals surface area contributed by atoms with Crippen molar-refractivity contribution in [1.82, 2.24) is 0 Å². The molecule has 0 amide bonds. The largest absolute Gasteiger partial charge is 0.493 e. The van der Waals surface area contributed by atoms with E-state index in [9.17, 15) is 10.1 Å². The first kappa shape index (κ1) is 22.7. The standard InChI is InChI=1S/C26H20ClNO4/c1-30-24-13-5-19(16-25(24)31-2)6-14-26(29)32-23-11-3-18(4-12-23)15-21(17-28)20-7-9-22(27)10-8-20/h3-16H,1-2H3/b14-6+,21-15-. The average Bonchev–Trinajstić information content (AvgIpc) is 2.82. The third-order valence-corrected chi connectivity index (χ3v) is 4.76. The second-order valence-electron chi connectivity index (χ2n) is 6.61. The quantitative estimate of drug-likeness (QED) is 0.146. The van der Waals surface area contributed by atoms with Crippen molar-refractivity contribution in [1.29, 1.82) is 5.26 Å². The summed E-state index contributed by atoms with van der Waals surface area (Å²) >= 11 is 5.90. The summed E-state index contributed by atoms with van der Waals surface area (Å²) in [6.45, 7) is 0. The van der Waals surface area contributed by atoms with Crippen LogP contribution in [0.5, 0.6) is 17.2 Å². The second-order valence-corrected chi connectivity index (χ2v) is 7.05. The molecule has 0 N–H and O–H groups in total. The zero-order chi connectivity index (χ0) is 22.9. The summed E-state index contributed by atoms with van der Waals surface area (Å²) in [7, 11) is 3.11. The number of esters is 1. The molecule has 0 unspecified atom stereocenters. The Morgan fingerprint density at radius 3 is 2.19 bits per heavy atom. The van der Waals surface area contributed by atoms with E-state index in [-0.39, 0.29) is 0 Å². The number of allylic oxidation sites excluding steroid dienone is 1. The normalized spacial score (nSPS) is 11.1. The van der Waals surface area contributed by atoms with Crippen LogP contribution in [0.1, 0.15) is 16.7 Å². The Labute approximate surface area is 191 Å². The zero-order valence-corrected chi connectivity index (χ0v) is 18.3. The molecular formula is C26H20ClNO4. The summed E-state index contributed by atoms with van der Waals surface area (Å²) in [6, 6.07) is 21.5. The van der Waals surface area contributed by atoms with E-state index in [0.29, 0.717) is 27.8 Å². The molecule has 5 nitrogen and oxygen atoms in total. The number of halogens is 1. The van der Waals surface area contributed by atoms with E-state index in [0.717, 1.165) is 16.7 Å². The van der Waals surface area contributed by atoms with E-state index in [2.05, 4.69) is 6.07 Å². The van der Waals surface area contributed by atoms with Crippen LogP contribution in [-0.2, 0) is 4.79 Å². The van der Waals surface area contributed by atoms with E-state index < -0.39 is 5.97 Å². The fourth-order valence-corrected chi connectivity index (χ4v) is 3.01. The van der Waals surface area contributed by atoms with Gasteiger partial charge >= 0.3 is 5.97 Å². The smallest absolute Gasteiger partial charge is 0.336 e. The molecule has 0 heterocycles. The predicted octanol–water partition coefficient (Wildman–Crippen LogP) is 6.04. The van der Waals surface area contributed by atoms with Crippen molar-refractivity contribution in [3.05, 3.63) is 94.5 Å². The second kappa shape index (κ2) is 10.9. The van der Waals surface area contributed by atoms with Gasteiger partial charge in [-0.15, -0.1) is 0 Å². The van der Waals surface area contributed by atoms with Crippen molar-refractivity contribution in [3.63, 3.8) is 0 Å². The maximum absolute atomic E-state index is 12.2. The average molecular weight is 446 g/mol. The topological polar surface area (TPSA) is 68.5 Å². The first-order valence-corrected chi connectivity index (χ1v) is 10.00. The Balaban J connectivity index is 1.66. The summed E-state index contributed by atoms with van der Waals surface area (Å²) in [4.78, 5) is 12.2. The van der Waals surface area contributed by atoms with Gasteiger partial charge < -0.3 is 14.2 Å². The number of nitrogens with zero attached hydrogens (tertiary/aromatic N) is 1. The minimum absolute atomic E-state index is 0.397. The summed E-state index contributed by atoms with van der Waals surface area (Å²) in [6.07, 6.45) is 4.72. The van der Waals surface area contributed by atoms with Gasteiger partial charge in [-0.25, -0.2) is 4.79 Å². The minimum atomic E-state index is -0.512. The van der Waals surface area contributed by atoms with Crippen LogP contribution in [0.15, 0.2) is 72.8 Å². The number of rotatable bonds is 7. The van der Waals surface area contributed by atoms with E-state index in [1.54, 1.807) is 93.1 Å². The van der Waals surface area contributed by atoms with Crippen LogP contribution in [0.4, 0.5) is 0 Å². The Kier molecular flexibility index (Phi) is 7.69. The molecule has 32 heavy (non-hydrogen) atoms. The van der Waals surface area contributed by atoms with E-state index in [4.69, 9.17) is 25.8 Å². The monoisotopic (exact) mass is 445 g/mol. The van der Waals surface area contributed by atoms with Crippen molar-refractivity contribution in [2.45, 2.75) is 0 Å². The first-order valence-electron chi connectivity index (χ1n) is 9.62. The van der Waals surface area contributed by atoms with Crippen molar-refractivity contribution in [3.8, 4) is 23.3 Å². The fraction of sp³-hybridized carbons (Fsp3) is 0.0769. The number of hydrogen-bond acceptors (Lipinski definition) is 5. The number of benzene rings is 3. The highest BCUT2D eigenvalue weighted by Crippen LogP contribution is 2.28. The molecule has 0 saturated heterocycles. The molecule has 0 aliphatic rings. The van der Waals surface area contributed by atoms with Gasteiger partial charge in [0.05, 0.1) is 25.9 Å². The van der Waals surface area contributed by atoms with E-state index >= 15 is 0 Å². The lowest BCUT2D eigenvalue weighted by atomic mass is 10.0. The lowest BCUT2D eigenvalue weighted by Gasteiger charge is -2.07. The van der Waals surface area contributed by atoms with Gasteiger partial charge in [0.25, 0.3) is 0 Å². The van der Waals surface area contributed by atoms with Crippen LogP contribution >= 0.6 is 11.6 Å². The van der Waals surface area contributed by atoms with E-state index in [1.165, 1.54) is 6.08 Å². The van der Waals surface area contributed by atoms with Crippen LogP contribution in [0.25, 0.3) is 17.7 Å². The molecule has 0 bridgehead atoms. The lowest BCUT2D eigenvalue weighted by Crippen LogP contribution is -2.03. The van der Waals surface area contributed by atoms with E-state index in [1.807, 2.05) is 0 Å². The maximum Gasteiger partial charge on any atom is 0.336 e. The lowest BCUT2D eigenvalue weighted by molar-refractivity contribution is -0.128. The number of carbonyl (C=O) groups excluding carboxylic acids is 1. The maximum atomic E-state index is 12.2. The fourth-order valence-electron chi connectivity index (χ4n) is 2.88. The van der Waals surface area contributed by atoms with Gasteiger partial charge in [0.2, 0.25) is 0 Å². The Morgan fingerprint density at radius 1 is 0.906 bits per heavy atom. The number of hydrogen-bond donors (Lipinski definition) is 0. The number of carbonyl (C=O) groups is 1. The highest BCUT2D eigenvalue weighted by atomic mass is 35.5. The summed E-state index contributed by atoms with van der Waals surface area (Å²) in [5.41, 5.74) is 2.85. The van der Waals surface area contributed by atoms with Crippen LogP contribution in [-0.4, -0.2) is 20.2 Å². The highest BCUT2D eigenvalue weighted by molar-refractivity contribution is 6.30. The van der Waals surface area contributed by atoms with Crippen molar-refractivity contribution in [2.75, 3.05) is 14.2 Å². The third-order valence-electron chi connectivity index (χ3n) is 4.50. The number of methoxy groups -OCH3 is 2. The molecule has 0 fully saturated rings. The van der Waals surface area contributed by atoms with Gasteiger partial charge in [0.15, 0.2) is 11.5 Å². The van der Waals surface area contributed by atoms with Gasteiger partial charge in [-0.1, -0.05) is 41.9 Å². The van der Waals surface area contributed by atoms with Crippen molar-refractivity contribution < 1.29 is 19.0 Å². The van der Waals surface area contributed by atoms with Gasteiger partial charge in [0, 0.05) is 11.1 Å². The predicted molar refractivity (Wildman–Crippen MR) is 126 cm³/mol. The molecule has 3 aromatic carbocycles. The minimum Gasteiger partial charge on any atom is -0.493 e. The molecule has 160 valence electrons. The number of ether oxygens (including phenoxy) is 3. The summed E-state index contributed by atoms with van der Waals surface area (Å²) in [5, 5.41) is 10.1. The molecular weight excluding hydrogens is 426 g/mol. The summed E-state index contributed by atoms with van der Waals surface area (Å²) in [5.74, 6) is 1.06. The van der Waals surface area contributed by atoms with Gasteiger partial charge in [0.1, 0.15) is 5.75 Å². The molecule has 0 aliphatic heterocycles. The summed E-state index contributed by atoms with van der Waals surface area (Å²) < 4.78 is 15.8. The van der Waals surface area contributed by atoms with Crippen molar-refractivity contribution >= 4 is 35.3 Å². The molecule has 0 spiro atoms. The molecule has 0 atom stereocenters. The molecule has 0 radical (unpaired) electrons. The molecule has 6 heteroatoms. The molecule has 0 aromatic heterocycles. The highest BCUT2D eigenvalue weighted by Gasteiger charge is 2.05. The molecule has 0 aliphatic carbocycles. The van der Waals surface area contributed by atoms with Gasteiger partial charge in [-0.2, -0.15) is 5.26 Å². The SMILES string of the molecule is COc1ccc(/C=C/C(=O)Oc2ccc(/C=C(/C#N)c3ccc(Cl)cc3)cc2)cc1OC. The van der Waals surface area contributed by atoms with Crippen LogP contribution in [0.3, 0.4) is 0 Å². The Hall–Kier alpha value is -4.01. The van der Waals surface area contributed by atoms with Gasteiger partial charge in [-0.05, 0) is 65.2 Å². The first-order chi connectivity index (χ1) is 15.5. The molecule has 3 rings (SSSR count). The zero-order valence-electron chi connectivity index (χ0n) is 17.5. The number of nitriles is 1. The van der Waals surface area contributed by atoms with Gasteiger partial charge in [-0.3, -0.25) is 0 Å². The van der Waals surface area contributed by atoms with Crippen LogP contribution in [0, 0.1) is 11.3 Å². The Morgan fingerprint density at radius 2 is 1.56 bits per heavy atom. The van der Waals surface area contributed by atoms with Crippen LogP contribution in [0.2, 0.25) is 5.02 Å². The van der Waals surface area contributed by atoms with Crippen LogP contribution < -0.4 is 14.2 Å². The molecule has 0 saturated carbocycles. The Bertz CT molecular complexity index is 1190. The molecule has 3 aromatic rings. The van der Waals surface area contributed by atoms with Crippen molar-refractivity contribution in [2.24, 2.45) is 0 Å².